The number of pyridine rings is 1. The van der Waals surface area contributed by atoms with E-state index in [1.165, 1.54) is 47.6 Å². The van der Waals surface area contributed by atoms with Crippen LogP contribution in [0.1, 0.15) is 83.6 Å². The van der Waals surface area contributed by atoms with Gasteiger partial charge in [0, 0.05) is 23.8 Å². The Labute approximate surface area is 211 Å². The average molecular weight is 471 g/mol. The lowest BCUT2D eigenvalue weighted by molar-refractivity contribution is -0.0476. The molecule has 0 radical (unpaired) electrons. The fraction of sp³-hybridized carbons (Fsp3) is 0.594. The molecule has 2 aromatic rings. The Kier molecular flexibility index (Phi) is 5.92. The molecular weight excluding hydrogens is 428 g/mol. The minimum absolute atomic E-state index is 0.103. The Hall–Kier alpha value is -1.97. The summed E-state index contributed by atoms with van der Waals surface area (Å²) in [5.74, 6) is 1.46. The van der Waals surface area contributed by atoms with Crippen LogP contribution in [0.4, 0.5) is 0 Å². The van der Waals surface area contributed by atoms with E-state index < -0.39 is 5.60 Å². The number of hydrogen-bond donors (Lipinski definition) is 1. The minimum atomic E-state index is -0.671. The molecule has 35 heavy (non-hydrogen) atoms. The second-order valence-corrected chi connectivity index (χ2v) is 12.1. The lowest BCUT2D eigenvalue weighted by Crippen LogP contribution is -2.49. The maximum absolute atomic E-state index is 12.4. The first-order valence-corrected chi connectivity index (χ1v) is 14.2. The van der Waals surface area contributed by atoms with Crippen molar-refractivity contribution in [1.29, 1.82) is 0 Å². The molecule has 0 bridgehead atoms. The molecule has 6 atom stereocenters. The van der Waals surface area contributed by atoms with Crippen molar-refractivity contribution in [2.24, 2.45) is 17.3 Å². The van der Waals surface area contributed by atoms with Crippen molar-refractivity contribution < 1.29 is 5.11 Å². The number of hydrogen-bond acceptors (Lipinski definition) is 3. The summed E-state index contributed by atoms with van der Waals surface area (Å²) in [5, 5.41) is 14.9. The Morgan fingerprint density at radius 3 is 2.74 bits per heavy atom. The smallest absolute Gasteiger partial charge is 0.0927 e. The van der Waals surface area contributed by atoms with Gasteiger partial charge in [0.2, 0.25) is 0 Å². The third-order valence-electron chi connectivity index (χ3n) is 10.6. The highest BCUT2D eigenvalue weighted by atomic mass is 16.3. The highest BCUT2D eigenvalue weighted by Gasteiger charge is 2.58. The molecule has 5 unspecified atom stereocenters. The molecule has 0 spiro atoms. The fourth-order valence-electron chi connectivity index (χ4n) is 8.68. The third-order valence-corrected chi connectivity index (χ3v) is 10.6. The van der Waals surface area contributed by atoms with Crippen LogP contribution in [-0.4, -0.2) is 39.7 Å². The minimum Gasteiger partial charge on any atom is -0.385 e. The topological polar surface area (TPSA) is 36.4 Å². The number of aromatic nitrogens is 1. The van der Waals surface area contributed by atoms with Crippen molar-refractivity contribution in [2.45, 2.75) is 89.7 Å². The van der Waals surface area contributed by atoms with Gasteiger partial charge >= 0.3 is 0 Å². The summed E-state index contributed by atoms with van der Waals surface area (Å²) in [7, 11) is 0. The van der Waals surface area contributed by atoms with Gasteiger partial charge in [-0.3, -0.25) is 4.98 Å². The Bertz CT molecular complexity index is 1160. The summed E-state index contributed by atoms with van der Waals surface area (Å²) in [6.45, 7) is 9.36. The van der Waals surface area contributed by atoms with E-state index in [1.54, 1.807) is 5.57 Å². The van der Waals surface area contributed by atoms with Gasteiger partial charge in [-0.05, 0) is 116 Å². The van der Waals surface area contributed by atoms with Gasteiger partial charge in [0.1, 0.15) is 0 Å². The zero-order chi connectivity index (χ0) is 24.2. The number of benzene rings is 1. The number of nitrogens with zero attached hydrogens (tertiary/aromatic N) is 2. The van der Waals surface area contributed by atoms with Crippen molar-refractivity contribution in [1.82, 2.24) is 9.88 Å². The molecule has 0 aliphatic heterocycles. The van der Waals surface area contributed by atoms with Crippen molar-refractivity contribution in [2.75, 3.05) is 13.1 Å². The lowest BCUT2D eigenvalue weighted by atomic mass is 9.58. The van der Waals surface area contributed by atoms with Crippen LogP contribution in [0.5, 0.6) is 0 Å². The van der Waals surface area contributed by atoms with Gasteiger partial charge in [-0.1, -0.05) is 50.6 Å². The first-order valence-electron chi connectivity index (χ1n) is 14.2. The van der Waals surface area contributed by atoms with E-state index in [2.05, 4.69) is 67.1 Å². The van der Waals surface area contributed by atoms with Crippen LogP contribution in [0.15, 0.2) is 60.0 Å². The van der Waals surface area contributed by atoms with Crippen LogP contribution in [-0.2, 0) is 0 Å². The monoisotopic (exact) mass is 470 g/mol. The summed E-state index contributed by atoms with van der Waals surface area (Å²) in [6.07, 6.45) is 17.9. The first kappa shape index (κ1) is 23.4. The standard InChI is InChI=1S/C32H42N2O/c1-4-34(5-2)28-9-8-23-19-27-13-15-31(3)29(25-7-6-22-14-17-33-21-26(22)18-25)10-11-30(31)32(27,35)16-12-24(23)20-28/h6-7,13-14,17-19,21,24,28-30,35H,4-5,8-12,15-16,20H2,1-3H3/t24?,28?,29?,30?,31?,32-/m1/s1. The van der Waals surface area contributed by atoms with Gasteiger partial charge in [0.25, 0.3) is 0 Å². The number of fused-ring (bicyclic) bond motifs is 5. The SMILES string of the molecule is CCN(CC)C1CCC2=CC3=CCC4(C)C(c5ccc6ccncc6c5)CCC4[C@@]3(O)CCC2C1. The van der Waals surface area contributed by atoms with Crippen molar-refractivity contribution in [3.8, 4) is 0 Å². The number of rotatable bonds is 4. The van der Waals surface area contributed by atoms with E-state index in [-0.39, 0.29) is 5.41 Å². The highest BCUT2D eigenvalue weighted by Crippen LogP contribution is 2.64. The summed E-state index contributed by atoms with van der Waals surface area (Å²) >= 11 is 0. The van der Waals surface area contributed by atoms with Crippen molar-refractivity contribution in [3.05, 3.63) is 65.5 Å². The molecule has 3 nitrogen and oxygen atoms in total. The van der Waals surface area contributed by atoms with E-state index in [0.29, 0.717) is 23.8 Å². The number of aliphatic hydroxyl groups is 1. The molecule has 1 aromatic heterocycles. The van der Waals surface area contributed by atoms with Crippen molar-refractivity contribution >= 4 is 10.8 Å². The van der Waals surface area contributed by atoms with Gasteiger partial charge in [-0.2, -0.15) is 0 Å². The second-order valence-electron chi connectivity index (χ2n) is 12.1. The Morgan fingerprint density at radius 2 is 1.91 bits per heavy atom. The molecule has 1 heterocycles. The van der Waals surface area contributed by atoms with E-state index in [9.17, 15) is 5.11 Å². The van der Waals surface area contributed by atoms with Gasteiger partial charge in [-0.25, -0.2) is 0 Å². The number of allylic oxidation sites excluding steroid dienone is 2. The van der Waals surface area contributed by atoms with Gasteiger partial charge in [-0.15, -0.1) is 0 Å². The predicted molar refractivity (Wildman–Crippen MR) is 144 cm³/mol. The van der Waals surface area contributed by atoms with Gasteiger partial charge in [0.05, 0.1) is 5.60 Å². The molecule has 4 aliphatic rings. The summed E-state index contributed by atoms with van der Waals surface area (Å²) < 4.78 is 0. The van der Waals surface area contributed by atoms with Crippen LogP contribution >= 0.6 is 0 Å². The summed E-state index contributed by atoms with van der Waals surface area (Å²) in [4.78, 5) is 7.01. The molecule has 1 N–H and O–H groups in total. The first-order chi connectivity index (χ1) is 17.0. The largest absolute Gasteiger partial charge is 0.385 e. The molecule has 3 heteroatoms. The van der Waals surface area contributed by atoms with Gasteiger partial charge < -0.3 is 10.0 Å². The molecular formula is C32H42N2O. The van der Waals surface area contributed by atoms with Crippen LogP contribution in [0.3, 0.4) is 0 Å². The molecule has 6 rings (SSSR count). The molecule has 1 aromatic carbocycles. The predicted octanol–water partition coefficient (Wildman–Crippen LogP) is 7.03. The van der Waals surface area contributed by atoms with E-state index in [0.717, 1.165) is 38.8 Å². The third kappa shape index (κ3) is 3.73. The Morgan fingerprint density at radius 1 is 1.06 bits per heavy atom. The van der Waals surface area contributed by atoms with Crippen LogP contribution in [0.25, 0.3) is 10.8 Å². The van der Waals surface area contributed by atoms with Crippen LogP contribution < -0.4 is 0 Å². The van der Waals surface area contributed by atoms with Crippen LogP contribution in [0.2, 0.25) is 0 Å². The zero-order valence-corrected chi connectivity index (χ0v) is 21.8. The molecule has 2 saturated carbocycles. The van der Waals surface area contributed by atoms with E-state index in [4.69, 9.17) is 0 Å². The second kappa shape index (κ2) is 8.85. The molecule has 2 fully saturated rings. The highest BCUT2D eigenvalue weighted by molar-refractivity contribution is 5.82. The van der Waals surface area contributed by atoms with E-state index >= 15 is 0 Å². The molecule has 0 amide bonds. The molecule has 4 aliphatic carbocycles. The van der Waals surface area contributed by atoms with Crippen molar-refractivity contribution in [3.63, 3.8) is 0 Å². The van der Waals surface area contributed by atoms with Gasteiger partial charge in [0.15, 0.2) is 0 Å². The maximum Gasteiger partial charge on any atom is 0.0927 e. The normalized spacial score (nSPS) is 36.7. The summed E-state index contributed by atoms with van der Waals surface area (Å²) in [6, 6.07) is 9.76. The lowest BCUT2D eigenvalue weighted by Gasteiger charge is -2.49. The molecule has 0 saturated heterocycles. The average Bonchev–Trinajstić information content (AvgIpc) is 3.16. The quantitative estimate of drug-likeness (QED) is 0.521. The summed E-state index contributed by atoms with van der Waals surface area (Å²) in [5.41, 5.74) is 3.73. The fourth-order valence-corrected chi connectivity index (χ4v) is 8.68. The zero-order valence-electron chi connectivity index (χ0n) is 21.8. The Balaban J connectivity index is 1.29. The van der Waals surface area contributed by atoms with Crippen LogP contribution in [0, 0.1) is 17.3 Å². The maximum atomic E-state index is 12.4. The molecule has 186 valence electrons. The van der Waals surface area contributed by atoms with E-state index in [1.807, 2.05) is 12.4 Å².